The van der Waals surface area contributed by atoms with E-state index in [0.717, 1.165) is 5.82 Å². The van der Waals surface area contributed by atoms with E-state index in [0.29, 0.717) is 24.2 Å². The van der Waals surface area contributed by atoms with E-state index in [1.807, 2.05) is 17.8 Å². The van der Waals surface area contributed by atoms with Crippen molar-refractivity contribution < 1.29 is 4.79 Å². The molecule has 18 heavy (non-hydrogen) atoms. The van der Waals surface area contributed by atoms with Crippen LogP contribution in [0.2, 0.25) is 0 Å². The molecule has 2 aromatic rings. The molecular formula is C12H15N5O. The van der Waals surface area contributed by atoms with Crippen molar-refractivity contribution in [3.63, 3.8) is 0 Å². The topological polar surface area (TPSA) is 85.8 Å². The van der Waals surface area contributed by atoms with Gasteiger partial charge in [-0.1, -0.05) is 0 Å². The maximum atomic E-state index is 11.8. The van der Waals surface area contributed by atoms with Crippen LogP contribution in [0.15, 0.2) is 30.9 Å². The van der Waals surface area contributed by atoms with Crippen molar-refractivity contribution in [3.8, 4) is 0 Å². The molecule has 0 saturated carbocycles. The third-order valence-corrected chi connectivity index (χ3v) is 2.65. The molecule has 0 aromatic carbocycles. The minimum absolute atomic E-state index is 0.191. The van der Waals surface area contributed by atoms with Gasteiger partial charge in [-0.2, -0.15) is 0 Å². The van der Waals surface area contributed by atoms with Crippen LogP contribution in [0.5, 0.6) is 0 Å². The molecule has 0 aliphatic carbocycles. The number of imidazole rings is 1. The van der Waals surface area contributed by atoms with Gasteiger partial charge in [-0.15, -0.1) is 0 Å². The number of aryl methyl sites for hydroxylation is 1. The van der Waals surface area contributed by atoms with E-state index in [1.165, 1.54) is 6.20 Å². The first kappa shape index (κ1) is 12.1. The molecule has 0 unspecified atom stereocenters. The summed E-state index contributed by atoms with van der Waals surface area (Å²) in [7, 11) is 1.92. The zero-order valence-electron chi connectivity index (χ0n) is 10.1. The first-order valence-corrected chi connectivity index (χ1v) is 5.62. The fourth-order valence-electron chi connectivity index (χ4n) is 1.63. The highest BCUT2D eigenvalue weighted by atomic mass is 16.1. The van der Waals surface area contributed by atoms with Crippen molar-refractivity contribution in [3.05, 3.63) is 42.2 Å². The normalized spacial score (nSPS) is 10.3. The quantitative estimate of drug-likeness (QED) is 0.814. The first-order chi connectivity index (χ1) is 8.68. The lowest BCUT2D eigenvalue weighted by molar-refractivity contribution is 0.0954. The van der Waals surface area contributed by atoms with Gasteiger partial charge in [0, 0.05) is 38.6 Å². The maximum Gasteiger partial charge on any atom is 0.253 e. The molecule has 2 heterocycles. The van der Waals surface area contributed by atoms with Crippen molar-refractivity contribution in [1.29, 1.82) is 0 Å². The van der Waals surface area contributed by atoms with E-state index >= 15 is 0 Å². The molecule has 0 aliphatic rings. The molecule has 6 nitrogen and oxygen atoms in total. The number of nitrogen functional groups attached to an aromatic ring is 1. The highest BCUT2D eigenvalue weighted by Crippen LogP contribution is 2.07. The van der Waals surface area contributed by atoms with E-state index in [4.69, 9.17) is 5.73 Å². The molecule has 2 rings (SSSR count). The predicted octanol–water partition coefficient (Wildman–Crippen LogP) is 0.370. The number of carbonyl (C=O) groups excluding carboxylic acids is 1. The van der Waals surface area contributed by atoms with E-state index in [-0.39, 0.29) is 5.91 Å². The number of hydrogen-bond donors (Lipinski definition) is 2. The van der Waals surface area contributed by atoms with E-state index in [9.17, 15) is 4.79 Å². The van der Waals surface area contributed by atoms with Crippen LogP contribution < -0.4 is 11.1 Å². The summed E-state index contributed by atoms with van der Waals surface area (Å²) in [5, 5.41) is 2.81. The van der Waals surface area contributed by atoms with Gasteiger partial charge < -0.3 is 15.6 Å². The van der Waals surface area contributed by atoms with Crippen LogP contribution in [0.1, 0.15) is 16.2 Å². The Hall–Kier alpha value is -2.37. The Kier molecular flexibility index (Phi) is 3.57. The fraction of sp³-hybridized carbons (Fsp3) is 0.250. The largest absolute Gasteiger partial charge is 0.397 e. The molecule has 0 radical (unpaired) electrons. The average molecular weight is 245 g/mol. The first-order valence-electron chi connectivity index (χ1n) is 5.62. The lowest BCUT2D eigenvalue weighted by Gasteiger charge is -2.07. The molecule has 94 valence electrons. The van der Waals surface area contributed by atoms with Gasteiger partial charge in [0.1, 0.15) is 5.82 Å². The van der Waals surface area contributed by atoms with Gasteiger partial charge >= 0.3 is 0 Å². The Bertz CT molecular complexity index is 549. The Morgan fingerprint density at radius 3 is 3.00 bits per heavy atom. The Balaban J connectivity index is 1.90. The summed E-state index contributed by atoms with van der Waals surface area (Å²) in [5.41, 5.74) is 6.50. The fourth-order valence-corrected chi connectivity index (χ4v) is 1.63. The molecular weight excluding hydrogens is 230 g/mol. The molecule has 0 spiro atoms. The molecule has 0 bridgehead atoms. The van der Waals surface area contributed by atoms with Crippen LogP contribution in [0.4, 0.5) is 5.69 Å². The summed E-state index contributed by atoms with van der Waals surface area (Å²) in [6.07, 6.45) is 7.30. The Morgan fingerprint density at radius 1 is 1.50 bits per heavy atom. The van der Waals surface area contributed by atoms with Gasteiger partial charge in [0.05, 0.1) is 17.4 Å². The number of anilines is 1. The number of nitrogens with two attached hydrogens (primary N) is 1. The summed E-state index contributed by atoms with van der Waals surface area (Å²) in [6, 6.07) is 1.60. The van der Waals surface area contributed by atoms with Crippen molar-refractivity contribution >= 4 is 11.6 Å². The van der Waals surface area contributed by atoms with Crippen LogP contribution >= 0.6 is 0 Å². The monoisotopic (exact) mass is 245 g/mol. The van der Waals surface area contributed by atoms with Crippen LogP contribution in [-0.4, -0.2) is 27.0 Å². The number of rotatable bonds is 4. The Morgan fingerprint density at radius 2 is 2.33 bits per heavy atom. The van der Waals surface area contributed by atoms with Gasteiger partial charge in [0.2, 0.25) is 0 Å². The highest BCUT2D eigenvalue weighted by Gasteiger charge is 2.08. The van der Waals surface area contributed by atoms with Crippen LogP contribution in [0, 0.1) is 0 Å². The minimum Gasteiger partial charge on any atom is -0.397 e. The number of aromatic nitrogens is 3. The summed E-state index contributed by atoms with van der Waals surface area (Å²) < 4.78 is 1.92. The third kappa shape index (κ3) is 2.65. The predicted molar refractivity (Wildman–Crippen MR) is 67.9 cm³/mol. The zero-order valence-corrected chi connectivity index (χ0v) is 10.1. The lowest BCUT2D eigenvalue weighted by atomic mass is 10.2. The van der Waals surface area contributed by atoms with Gasteiger partial charge in [-0.3, -0.25) is 9.78 Å². The third-order valence-electron chi connectivity index (χ3n) is 2.65. The van der Waals surface area contributed by atoms with Crippen molar-refractivity contribution in [2.45, 2.75) is 6.42 Å². The zero-order chi connectivity index (χ0) is 13.0. The molecule has 2 aromatic heterocycles. The van der Waals surface area contributed by atoms with Gasteiger partial charge in [0.25, 0.3) is 5.91 Å². The second kappa shape index (κ2) is 5.31. The molecule has 0 fully saturated rings. The summed E-state index contributed by atoms with van der Waals surface area (Å²) in [6.45, 7) is 0.519. The molecule has 0 saturated heterocycles. The molecule has 1 amide bonds. The number of carbonyl (C=O) groups is 1. The summed E-state index contributed by atoms with van der Waals surface area (Å²) in [5.74, 6) is 0.738. The maximum absolute atomic E-state index is 11.8. The minimum atomic E-state index is -0.191. The highest BCUT2D eigenvalue weighted by molar-refractivity contribution is 5.98. The second-order valence-electron chi connectivity index (χ2n) is 3.92. The van der Waals surface area contributed by atoms with Crippen LogP contribution in [0.25, 0.3) is 0 Å². The number of hydrogen-bond acceptors (Lipinski definition) is 4. The molecule has 6 heteroatoms. The van der Waals surface area contributed by atoms with Gasteiger partial charge in [-0.25, -0.2) is 4.98 Å². The molecule has 3 N–H and O–H groups in total. The van der Waals surface area contributed by atoms with Crippen LogP contribution in [-0.2, 0) is 13.5 Å². The smallest absolute Gasteiger partial charge is 0.253 e. The number of pyridine rings is 1. The number of amides is 1. The SMILES string of the molecule is Cn1ccnc1CCNC(=O)c1ccncc1N. The summed E-state index contributed by atoms with van der Waals surface area (Å²) >= 11 is 0. The lowest BCUT2D eigenvalue weighted by Crippen LogP contribution is -2.27. The average Bonchev–Trinajstić information content (AvgIpc) is 2.75. The summed E-state index contributed by atoms with van der Waals surface area (Å²) in [4.78, 5) is 19.9. The molecule has 0 aliphatic heterocycles. The van der Waals surface area contributed by atoms with Crippen molar-refractivity contribution in [1.82, 2.24) is 19.9 Å². The van der Waals surface area contributed by atoms with E-state index in [2.05, 4.69) is 15.3 Å². The van der Waals surface area contributed by atoms with Crippen molar-refractivity contribution in [2.24, 2.45) is 7.05 Å². The van der Waals surface area contributed by atoms with Crippen LogP contribution in [0.3, 0.4) is 0 Å². The van der Waals surface area contributed by atoms with Gasteiger partial charge in [0.15, 0.2) is 0 Å². The Labute approximate surface area is 105 Å². The van der Waals surface area contributed by atoms with E-state index < -0.39 is 0 Å². The van der Waals surface area contributed by atoms with E-state index in [1.54, 1.807) is 18.5 Å². The molecule has 0 atom stereocenters. The number of nitrogens with zero attached hydrogens (tertiary/aromatic N) is 3. The number of nitrogens with one attached hydrogen (secondary N) is 1. The van der Waals surface area contributed by atoms with Gasteiger partial charge in [-0.05, 0) is 6.07 Å². The standard InChI is InChI=1S/C12H15N5O/c1-17-7-6-15-11(17)3-5-16-12(18)9-2-4-14-8-10(9)13/h2,4,6-8H,3,5,13H2,1H3,(H,16,18). The second-order valence-corrected chi connectivity index (χ2v) is 3.92. The van der Waals surface area contributed by atoms with Crippen molar-refractivity contribution in [2.75, 3.05) is 12.3 Å².